The molecule has 2 aromatic carbocycles. The number of hydrogen-bond acceptors (Lipinski definition) is 7. The lowest BCUT2D eigenvalue weighted by molar-refractivity contribution is -0.148. The first-order chi connectivity index (χ1) is 16.2. The monoisotopic (exact) mass is 505 g/mol. The van der Waals surface area contributed by atoms with Gasteiger partial charge >= 0.3 is 22.2 Å². The van der Waals surface area contributed by atoms with Gasteiger partial charge in [-0.2, -0.15) is 8.42 Å². The topological polar surface area (TPSA) is 108 Å². The molecular weight excluding hydrogens is 470 g/mol. The van der Waals surface area contributed by atoms with E-state index in [2.05, 4.69) is 5.32 Å². The van der Waals surface area contributed by atoms with Gasteiger partial charge in [-0.15, -0.1) is 0 Å². The van der Waals surface area contributed by atoms with Crippen molar-refractivity contribution in [3.63, 3.8) is 0 Å². The third-order valence-corrected chi connectivity index (χ3v) is 5.98. The first kappa shape index (κ1) is 28.2. The zero-order valence-electron chi connectivity index (χ0n) is 21.2. The molecule has 0 heterocycles. The summed E-state index contributed by atoms with van der Waals surface area (Å²) in [5.41, 5.74) is 1.16. The lowest BCUT2D eigenvalue weighted by Crippen LogP contribution is -2.36. The van der Waals surface area contributed by atoms with E-state index < -0.39 is 21.8 Å². The molecule has 192 valence electrons. The third kappa shape index (κ3) is 10.4. The van der Waals surface area contributed by atoms with Crippen molar-refractivity contribution in [3.8, 4) is 5.75 Å². The molecule has 2 rings (SSSR count). The second kappa shape index (κ2) is 12.1. The van der Waals surface area contributed by atoms with Gasteiger partial charge in [-0.25, -0.2) is 4.79 Å². The van der Waals surface area contributed by atoms with Crippen molar-refractivity contribution in [2.75, 3.05) is 6.54 Å². The molecule has 1 unspecified atom stereocenters. The summed E-state index contributed by atoms with van der Waals surface area (Å²) in [7, 11) is -3.95. The molecule has 2 aromatic rings. The number of nitrogens with one attached hydrogen (secondary N) is 1. The van der Waals surface area contributed by atoms with Crippen LogP contribution in [-0.2, 0) is 30.8 Å². The van der Waals surface area contributed by atoms with Crippen molar-refractivity contribution in [3.05, 3.63) is 59.7 Å². The average molecular weight is 506 g/mol. The van der Waals surface area contributed by atoms with Crippen LogP contribution in [0.25, 0.3) is 0 Å². The van der Waals surface area contributed by atoms with Crippen LogP contribution in [0.5, 0.6) is 5.75 Å². The number of esters is 1. The van der Waals surface area contributed by atoms with E-state index in [-0.39, 0.29) is 41.6 Å². The highest BCUT2D eigenvalue weighted by molar-refractivity contribution is 7.87. The van der Waals surface area contributed by atoms with Crippen molar-refractivity contribution < 1.29 is 31.7 Å². The van der Waals surface area contributed by atoms with Gasteiger partial charge in [0.2, 0.25) is 0 Å². The first-order valence-corrected chi connectivity index (χ1v) is 12.9. The number of aryl methyl sites for hydroxylation is 1. The number of benzene rings is 2. The highest BCUT2D eigenvalue weighted by atomic mass is 32.2. The summed E-state index contributed by atoms with van der Waals surface area (Å²) in [6.07, 6.45) is -0.249. The molecule has 0 bridgehead atoms. The molecule has 1 amide bonds. The molecule has 8 nitrogen and oxygen atoms in total. The number of carbonyl (C=O) groups is 2. The quantitative estimate of drug-likeness (QED) is 0.365. The summed E-state index contributed by atoms with van der Waals surface area (Å²) in [6, 6.07) is 13.0. The number of hydrogen-bond donors (Lipinski definition) is 1. The Morgan fingerprint density at radius 1 is 0.971 bits per heavy atom. The van der Waals surface area contributed by atoms with Crippen LogP contribution in [0.15, 0.2) is 53.4 Å². The Bertz CT molecular complexity index is 1090. The zero-order valence-corrected chi connectivity index (χ0v) is 22.0. The van der Waals surface area contributed by atoms with Crippen LogP contribution in [0.4, 0.5) is 4.79 Å². The van der Waals surface area contributed by atoms with Gasteiger partial charge in [0.15, 0.2) is 0 Å². The van der Waals surface area contributed by atoms with E-state index in [0.717, 1.165) is 11.1 Å². The van der Waals surface area contributed by atoms with Crippen molar-refractivity contribution in [2.24, 2.45) is 5.92 Å². The van der Waals surface area contributed by atoms with Gasteiger partial charge in [0.25, 0.3) is 0 Å². The summed E-state index contributed by atoms with van der Waals surface area (Å²) < 4.78 is 40.8. The highest BCUT2D eigenvalue weighted by Crippen LogP contribution is 2.22. The first-order valence-electron chi connectivity index (χ1n) is 11.5. The fraction of sp³-hybridized carbons (Fsp3) is 0.462. The molecular formula is C26H35NO7S. The van der Waals surface area contributed by atoms with Crippen molar-refractivity contribution in [1.82, 2.24) is 5.32 Å². The van der Waals surface area contributed by atoms with Gasteiger partial charge in [0.05, 0.1) is 12.5 Å². The molecule has 0 spiro atoms. The minimum absolute atomic E-state index is 0.0733. The molecule has 1 N–H and O–H groups in total. The summed E-state index contributed by atoms with van der Waals surface area (Å²) in [6.45, 7) is 10.9. The van der Waals surface area contributed by atoms with Gasteiger partial charge in [0, 0.05) is 6.54 Å². The molecule has 35 heavy (non-hydrogen) atoms. The van der Waals surface area contributed by atoms with Gasteiger partial charge < -0.3 is 19.0 Å². The van der Waals surface area contributed by atoms with Crippen LogP contribution in [0.3, 0.4) is 0 Å². The van der Waals surface area contributed by atoms with Crippen LogP contribution in [0.1, 0.15) is 52.2 Å². The zero-order chi connectivity index (χ0) is 26.2. The number of rotatable bonds is 10. The van der Waals surface area contributed by atoms with E-state index in [1.807, 2.05) is 6.92 Å². The number of amides is 1. The lowest BCUT2D eigenvalue weighted by Gasteiger charge is -2.22. The Morgan fingerprint density at radius 3 is 2.11 bits per heavy atom. The van der Waals surface area contributed by atoms with E-state index in [0.29, 0.717) is 6.42 Å². The van der Waals surface area contributed by atoms with Gasteiger partial charge in [-0.05, 0) is 83.7 Å². The molecule has 1 atom stereocenters. The minimum atomic E-state index is -3.95. The van der Waals surface area contributed by atoms with Crippen molar-refractivity contribution in [2.45, 2.75) is 71.0 Å². The molecule has 0 aliphatic rings. The minimum Gasteiger partial charge on any atom is -0.463 e. The third-order valence-electron chi connectivity index (χ3n) is 4.72. The second-order valence-corrected chi connectivity index (χ2v) is 11.2. The van der Waals surface area contributed by atoms with E-state index in [1.165, 1.54) is 12.1 Å². The van der Waals surface area contributed by atoms with Gasteiger partial charge in [-0.1, -0.05) is 29.8 Å². The van der Waals surface area contributed by atoms with E-state index >= 15 is 0 Å². The predicted molar refractivity (Wildman–Crippen MR) is 133 cm³/mol. The van der Waals surface area contributed by atoms with Gasteiger partial charge in [0.1, 0.15) is 16.2 Å². The predicted octanol–water partition coefficient (Wildman–Crippen LogP) is 4.79. The largest absolute Gasteiger partial charge is 0.463 e. The SMILES string of the molecule is Cc1ccc(S(=O)(=O)Oc2ccc(CC(CNC(=O)OC(C)(C)C)CC(=O)OC(C)C)cc2)cc1. The second-order valence-electron chi connectivity index (χ2n) is 9.69. The maximum atomic E-state index is 12.5. The molecule has 0 fully saturated rings. The fourth-order valence-corrected chi connectivity index (χ4v) is 4.13. The number of alkyl carbamates (subject to hydrolysis) is 1. The molecule has 0 saturated heterocycles. The maximum absolute atomic E-state index is 12.5. The number of carbonyl (C=O) groups excluding carboxylic acids is 2. The maximum Gasteiger partial charge on any atom is 0.407 e. The van der Waals surface area contributed by atoms with Crippen molar-refractivity contribution >= 4 is 22.2 Å². The molecule has 0 aromatic heterocycles. The van der Waals surface area contributed by atoms with Crippen molar-refractivity contribution in [1.29, 1.82) is 0 Å². The average Bonchev–Trinajstić information content (AvgIpc) is 2.71. The van der Waals surface area contributed by atoms with Crippen LogP contribution in [-0.4, -0.2) is 38.7 Å². The molecule has 0 aliphatic carbocycles. The molecule has 0 radical (unpaired) electrons. The standard InChI is InChI=1S/C26H35NO7S/c1-18(2)32-24(28)16-21(17-27-25(29)33-26(4,5)6)15-20-9-11-22(12-10-20)34-35(30,31)23-13-7-19(3)8-14-23/h7-14,18,21H,15-17H2,1-6H3,(H,27,29). The Balaban J connectivity index is 2.06. The molecule has 0 saturated carbocycles. The summed E-state index contributed by atoms with van der Waals surface area (Å²) in [5.74, 6) is -0.436. The van der Waals surface area contributed by atoms with E-state index in [9.17, 15) is 18.0 Å². The highest BCUT2D eigenvalue weighted by Gasteiger charge is 2.21. The normalized spacial score (nSPS) is 12.7. The van der Waals surface area contributed by atoms with Gasteiger partial charge in [-0.3, -0.25) is 4.79 Å². The fourth-order valence-electron chi connectivity index (χ4n) is 3.20. The Labute approximate surface area is 208 Å². The lowest BCUT2D eigenvalue weighted by atomic mass is 9.96. The van der Waals surface area contributed by atoms with Crippen LogP contribution in [0, 0.1) is 12.8 Å². The summed E-state index contributed by atoms with van der Waals surface area (Å²) in [4.78, 5) is 24.4. The Hall–Kier alpha value is -3.07. The summed E-state index contributed by atoms with van der Waals surface area (Å²) >= 11 is 0. The Morgan fingerprint density at radius 2 is 1.57 bits per heavy atom. The molecule has 9 heteroatoms. The molecule has 0 aliphatic heterocycles. The van der Waals surface area contributed by atoms with E-state index in [1.54, 1.807) is 71.0 Å². The van der Waals surface area contributed by atoms with E-state index in [4.69, 9.17) is 13.7 Å². The summed E-state index contributed by atoms with van der Waals surface area (Å²) in [5, 5.41) is 2.71. The number of ether oxygens (including phenoxy) is 2. The van der Waals surface area contributed by atoms with Crippen LogP contribution in [0.2, 0.25) is 0 Å². The van der Waals surface area contributed by atoms with Crippen LogP contribution < -0.4 is 9.50 Å². The smallest absolute Gasteiger partial charge is 0.407 e. The Kier molecular flexibility index (Phi) is 9.71. The van der Waals surface area contributed by atoms with Crippen LogP contribution >= 0.6 is 0 Å².